The quantitative estimate of drug-likeness (QED) is 0.640. The van der Waals surface area contributed by atoms with Crippen LogP contribution < -0.4 is 10.9 Å². The number of carbonyl (C=O) groups is 1. The molecular formula is C23H26N4O2S. The molecule has 6 nitrogen and oxygen atoms in total. The van der Waals surface area contributed by atoms with E-state index < -0.39 is 0 Å². The molecule has 1 aliphatic heterocycles. The summed E-state index contributed by atoms with van der Waals surface area (Å²) in [4.78, 5) is 35.7. The van der Waals surface area contributed by atoms with Crippen molar-refractivity contribution in [1.82, 2.24) is 20.2 Å². The van der Waals surface area contributed by atoms with Crippen LogP contribution in [0, 0.1) is 13.8 Å². The number of amides is 1. The van der Waals surface area contributed by atoms with Gasteiger partial charge in [-0.15, -0.1) is 11.3 Å². The van der Waals surface area contributed by atoms with Crippen LogP contribution in [0.25, 0.3) is 0 Å². The summed E-state index contributed by atoms with van der Waals surface area (Å²) in [5, 5.41) is 5.21. The predicted octanol–water partition coefficient (Wildman–Crippen LogP) is 2.91. The monoisotopic (exact) mass is 422 g/mol. The van der Waals surface area contributed by atoms with Crippen molar-refractivity contribution in [2.75, 3.05) is 13.1 Å². The smallest absolute Gasteiger partial charge is 0.254 e. The van der Waals surface area contributed by atoms with E-state index in [1.807, 2.05) is 29.5 Å². The molecule has 2 N–H and O–H groups in total. The third-order valence-electron chi connectivity index (χ3n) is 5.63. The molecule has 156 valence electrons. The van der Waals surface area contributed by atoms with Crippen LogP contribution in [0.15, 0.2) is 46.6 Å². The highest BCUT2D eigenvalue weighted by molar-refractivity contribution is 7.10. The van der Waals surface area contributed by atoms with Gasteiger partial charge in [0.2, 0.25) is 5.91 Å². The molecule has 0 fully saturated rings. The minimum absolute atomic E-state index is 0.0324. The first-order chi connectivity index (χ1) is 14.5. The molecule has 30 heavy (non-hydrogen) atoms. The third kappa shape index (κ3) is 4.52. The Bertz CT molecular complexity index is 1090. The maximum absolute atomic E-state index is 12.7. The first-order valence-corrected chi connectivity index (χ1v) is 11.1. The SMILES string of the molecule is Cc1nc(C)c(CC(=O)NC[C@@H](c2ccccc2)N2CCc3sccc3C2)c(=O)[nH]1. The largest absolute Gasteiger partial charge is 0.354 e. The summed E-state index contributed by atoms with van der Waals surface area (Å²) >= 11 is 1.82. The Balaban J connectivity index is 1.48. The summed E-state index contributed by atoms with van der Waals surface area (Å²) in [6.45, 7) is 5.85. The summed E-state index contributed by atoms with van der Waals surface area (Å²) in [6.07, 6.45) is 1.07. The molecular weight excluding hydrogens is 396 g/mol. The highest BCUT2D eigenvalue weighted by Gasteiger charge is 2.26. The molecule has 0 saturated carbocycles. The average Bonchev–Trinajstić information content (AvgIpc) is 3.19. The molecule has 1 atom stereocenters. The number of rotatable bonds is 6. The van der Waals surface area contributed by atoms with E-state index in [0.717, 1.165) is 19.5 Å². The number of hydrogen-bond acceptors (Lipinski definition) is 5. The van der Waals surface area contributed by atoms with Crippen LogP contribution >= 0.6 is 11.3 Å². The van der Waals surface area contributed by atoms with E-state index in [9.17, 15) is 9.59 Å². The highest BCUT2D eigenvalue weighted by atomic mass is 32.1. The molecule has 2 aromatic heterocycles. The maximum atomic E-state index is 12.7. The fourth-order valence-corrected chi connectivity index (χ4v) is 4.95. The summed E-state index contributed by atoms with van der Waals surface area (Å²) in [5.41, 5.74) is 3.35. The molecule has 1 aromatic carbocycles. The molecule has 3 heterocycles. The van der Waals surface area contributed by atoms with Crippen LogP contribution in [0.3, 0.4) is 0 Å². The number of aromatic amines is 1. The van der Waals surface area contributed by atoms with Gasteiger partial charge in [0.25, 0.3) is 5.56 Å². The lowest BCUT2D eigenvalue weighted by Gasteiger charge is -2.35. The van der Waals surface area contributed by atoms with Crippen LogP contribution in [0.1, 0.15) is 39.1 Å². The topological polar surface area (TPSA) is 78.1 Å². The van der Waals surface area contributed by atoms with Crippen molar-refractivity contribution in [2.24, 2.45) is 0 Å². The molecule has 4 rings (SSSR count). The van der Waals surface area contributed by atoms with E-state index in [1.165, 1.54) is 16.0 Å². The van der Waals surface area contributed by atoms with Crippen molar-refractivity contribution in [1.29, 1.82) is 0 Å². The van der Waals surface area contributed by atoms with E-state index in [1.54, 1.807) is 13.8 Å². The van der Waals surface area contributed by atoms with Crippen molar-refractivity contribution < 1.29 is 4.79 Å². The van der Waals surface area contributed by atoms with E-state index in [4.69, 9.17) is 0 Å². The van der Waals surface area contributed by atoms with Crippen molar-refractivity contribution in [3.05, 3.63) is 85.2 Å². The number of aryl methyl sites for hydroxylation is 2. The lowest BCUT2D eigenvalue weighted by Crippen LogP contribution is -2.41. The third-order valence-corrected chi connectivity index (χ3v) is 6.66. The normalized spacial score (nSPS) is 14.9. The first-order valence-electron chi connectivity index (χ1n) is 10.2. The number of H-pyrrole nitrogens is 1. The Morgan fingerprint density at radius 3 is 2.83 bits per heavy atom. The molecule has 1 amide bonds. The number of fused-ring (bicyclic) bond motifs is 1. The second kappa shape index (κ2) is 8.93. The van der Waals surface area contributed by atoms with E-state index in [2.05, 4.69) is 43.8 Å². The van der Waals surface area contributed by atoms with Gasteiger partial charge in [-0.2, -0.15) is 0 Å². The highest BCUT2D eigenvalue weighted by Crippen LogP contribution is 2.30. The molecule has 7 heteroatoms. The van der Waals surface area contributed by atoms with Crippen molar-refractivity contribution in [3.63, 3.8) is 0 Å². The molecule has 0 aliphatic carbocycles. The van der Waals surface area contributed by atoms with Crippen LogP contribution in [0.5, 0.6) is 0 Å². The Morgan fingerprint density at radius 1 is 1.27 bits per heavy atom. The van der Waals surface area contributed by atoms with E-state index in [-0.39, 0.29) is 23.9 Å². The molecule has 0 saturated heterocycles. The Hall–Kier alpha value is -2.77. The number of nitrogens with one attached hydrogen (secondary N) is 2. The van der Waals surface area contributed by atoms with Gasteiger partial charge in [0.05, 0.1) is 12.5 Å². The summed E-state index contributed by atoms with van der Waals surface area (Å²) in [6, 6.07) is 12.6. The predicted molar refractivity (Wildman–Crippen MR) is 119 cm³/mol. The Kier molecular flexibility index (Phi) is 6.11. The molecule has 0 bridgehead atoms. The van der Waals surface area contributed by atoms with Crippen LogP contribution in [0.2, 0.25) is 0 Å². The summed E-state index contributed by atoms with van der Waals surface area (Å²) < 4.78 is 0. The van der Waals surface area contributed by atoms with Crippen LogP contribution in [-0.4, -0.2) is 33.9 Å². The average molecular weight is 423 g/mol. The zero-order valence-electron chi connectivity index (χ0n) is 17.3. The second-order valence-corrected chi connectivity index (χ2v) is 8.71. The molecule has 0 radical (unpaired) electrons. The summed E-state index contributed by atoms with van der Waals surface area (Å²) in [7, 11) is 0. The van der Waals surface area contributed by atoms with E-state index in [0.29, 0.717) is 23.6 Å². The van der Waals surface area contributed by atoms with Gasteiger partial charge in [-0.05, 0) is 42.8 Å². The fourth-order valence-electron chi connectivity index (χ4n) is 4.06. The van der Waals surface area contributed by atoms with Gasteiger partial charge < -0.3 is 10.3 Å². The molecule has 0 spiro atoms. The lowest BCUT2D eigenvalue weighted by atomic mass is 10.0. The standard InChI is InChI=1S/C23H26N4O2S/c1-15-19(23(29)26-16(2)25-15)12-22(28)24-13-20(17-6-4-3-5-7-17)27-10-8-21-18(14-27)9-11-30-21/h3-7,9,11,20H,8,10,12-14H2,1-2H3,(H,24,28)(H,25,26,29)/t20-/m0/s1. The van der Waals surface area contributed by atoms with Gasteiger partial charge in [0, 0.05) is 35.8 Å². The number of benzene rings is 1. The zero-order valence-corrected chi connectivity index (χ0v) is 18.1. The van der Waals surface area contributed by atoms with Crippen LogP contribution in [-0.2, 0) is 24.2 Å². The summed E-state index contributed by atoms with van der Waals surface area (Å²) in [5.74, 6) is 0.395. The molecule has 3 aromatic rings. The van der Waals surface area contributed by atoms with Crippen LogP contribution in [0.4, 0.5) is 0 Å². The van der Waals surface area contributed by atoms with Gasteiger partial charge >= 0.3 is 0 Å². The van der Waals surface area contributed by atoms with Gasteiger partial charge in [-0.1, -0.05) is 30.3 Å². The van der Waals surface area contributed by atoms with Crippen molar-refractivity contribution >= 4 is 17.2 Å². The molecule has 1 aliphatic rings. The van der Waals surface area contributed by atoms with Gasteiger partial charge in [0.15, 0.2) is 0 Å². The number of thiophene rings is 1. The number of hydrogen-bond donors (Lipinski definition) is 2. The van der Waals surface area contributed by atoms with Gasteiger partial charge in [0.1, 0.15) is 5.82 Å². The number of nitrogens with zero attached hydrogens (tertiary/aromatic N) is 2. The van der Waals surface area contributed by atoms with Crippen molar-refractivity contribution in [3.8, 4) is 0 Å². The fraction of sp³-hybridized carbons (Fsp3) is 0.348. The number of carbonyl (C=O) groups excluding carboxylic acids is 1. The maximum Gasteiger partial charge on any atom is 0.254 e. The minimum Gasteiger partial charge on any atom is -0.354 e. The first kappa shape index (κ1) is 20.5. The van der Waals surface area contributed by atoms with Crippen molar-refractivity contribution in [2.45, 2.75) is 39.3 Å². The Morgan fingerprint density at radius 2 is 2.07 bits per heavy atom. The lowest BCUT2D eigenvalue weighted by molar-refractivity contribution is -0.120. The number of aromatic nitrogens is 2. The second-order valence-electron chi connectivity index (χ2n) is 7.71. The molecule has 0 unspecified atom stereocenters. The van der Waals surface area contributed by atoms with E-state index >= 15 is 0 Å². The zero-order chi connectivity index (χ0) is 21.1. The Labute approximate surface area is 180 Å². The van der Waals surface area contributed by atoms with Gasteiger partial charge in [-0.25, -0.2) is 4.98 Å². The van der Waals surface area contributed by atoms with Gasteiger partial charge in [-0.3, -0.25) is 14.5 Å². The minimum atomic E-state index is -0.240.